The normalized spacial score (nSPS) is 24.3. The number of carboxylic acid groups (broad SMARTS) is 1. The zero-order valence-corrected chi connectivity index (χ0v) is 15.0. The molecule has 6 nitrogen and oxygen atoms in total. The van der Waals surface area contributed by atoms with Crippen LogP contribution in [0.15, 0.2) is 18.2 Å². The van der Waals surface area contributed by atoms with Crippen molar-refractivity contribution < 1.29 is 14.1 Å². The first-order valence-corrected chi connectivity index (χ1v) is 10.3. The molecule has 2 aliphatic rings. The summed E-state index contributed by atoms with van der Waals surface area (Å²) in [6, 6.07) is 5.09. The van der Waals surface area contributed by atoms with E-state index in [2.05, 4.69) is 9.47 Å². The van der Waals surface area contributed by atoms with Crippen molar-refractivity contribution in [3.05, 3.63) is 29.6 Å². The Morgan fingerprint density at radius 1 is 1.28 bits per heavy atom. The number of likely N-dealkylation sites (tertiary alicyclic amines) is 1. The largest absolute Gasteiger partial charge is 0.478 e. The van der Waals surface area contributed by atoms with E-state index in [0.717, 1.165) is 48.7 Å². The average molecular weight is 361 g/mol. The van der Waals surface area contributed by atoms with Crippen LogP contribution in [0.3, 0.4) is 0 Å². The standard InChI is InChI=1S/C18H23N3O3S/c22-18(23)13-4-5-15-16(10-13)21(11-14-6-9-25(14)24)17(19-15)12-20-7-2-1-3-8-20/h4-5,10,14H,1-3,6-9,11-12H2,(H,22,23). The van der Waals surface area contributed by atoms with Gasteiger partial charge in [0, 0.05) is 23.1 Å². The molecule has 2 saturated heterocycles. The predicted molar refractivity (Wildman–Crippen MR) is 97.2 cm³/mol. The van der Waals surface area contributed by atoms with Gasteiger partial charge in [-0.05, 0) is 50.6 Å². The van der Waals surface area contributed by atoms with Crippen LogP contribution in [0, 0.1) is 0 Å². The number of nitrogens with zero attached hydrogens (tertiary/aromatic N) is 3. The summed E-state index contributed by atoms with van der Waals surface area (Å²) in [6.45, 7) is 3.60. The quantitative estimate of drug-likeness (QED) is 0.884. The minimum atomic E-state index is -0.931. The van der Waals surface area contributed by atoms with Crippen molar-refractivity contribution in [2.45, 2.75) is 44.0 Å². The van der Waals surface area contributed by atoms with Crippen LogP contribution in [-0.4, -0.2) is 53.8 Å². The number of aromatic carboxylic acids is 1. The number of hydrogen-bond donors (Lipinski definition) is 1. The van der Waals surface area contributed by atoms with Crippen LogP contribution in [-0.2, 0) is 23.9 Å². The molecule has 2 unspecified atom stereocenters. The van der Waals surface area contributed by atoms with E-state index in [1.54, 1.807) is 18.2 Å². The van der Waals surface area contributed by atoms with Gasteiger partial charge in [-0.15, -0.1) is 0 Å². The highest BCUT2D eigenvalue weighted by Crippen LogP contribution is 2.25. The van der Waals surface area contributed by atoms with Crippen LogP contribution in [0.5, 0.6) is 0 Å². The summed E-state index contributed by atoms with van der Waals surface area (Å²) in [5.41, 5.74) is 1.94. The van der Waals surface area contributed by atoms with Gasteiger partial charge < -0.3 is 9.67 Å². The van der Waals surface area contributed by atoms with E-state index in [4.69, 9.17) is 4.98 Å². The van der Waals surface area contributed by atoms with Crippen molar-refractivity contribution >= 4 is 27.8 Å². The summed E-state index contributed by atoms with van der Waals surface area (Å²) in [5, 5.41) is 9.46. The second kappa shape index (κ2) is 6.88. The SMILES string of the molecule is O=C(O)c1ccc2nc(CN3CCCCC3)n(CC3CCS3=O)c2c1. The minimum absolute atomic E-state index is 0.158. The number of fused-ring (bicyclic) bond motifs is 1. The third-order valence-corrected chi connectivity index (χ3v) is 7.05. The first kappa shape index (κ1) is 16.7. The summed E-state index contributed by atoms with van der Waals surface area (Å²) in [6.07, 6.45) is 4.69. The van der Waals surface area contributed by atoms with E-state index in [1.165, 1.54) is 19.3 Å². The monoisotopic (exact) mass is 361 g/mol. The van der Waals surface area contributed by atoms with Crippen molar-refractivity contribution in [1.82, 2.24) is 14.5 Å². The molecule has 2 fully saturated rings. The van der Waals surface area contributed by atoms with E-state index < -0.39 is 16.8 Å². The molecular formula is C18H23N3O3S. The van der Waals surface area contributed by atoms with Gasteiger partial charge in [0.05, 0.1) is 28.4 Å². The number of carboxylic acids is 1. The van der Waals surface area contributed by atoms with Crippen LogP contribution in [0.4, 0.5) is 0 Å². The Hall–Kier alpha value is -1.73. The Balaban J connectivity index is 1.71. The predicted octanol–water partition coefficient (Wildman–Crippen LogP) is 2.24. The van der Waals surface area contributed by atoms with Crippen molar-refractivity contribution in [3.8, 4) is 0 Å². The zero-order valence-electron chi connectivity index (χ0n) is 14.2. The number of aromatic nitrogens is 2. The summed E-state index contributed by atoms with van der Waals surface area (Å²) in [4.78, 5) is 18.5. The smallest absolute Gasteiger partial charge is 0.335 e. The fraction of sp³-hybridized carbons (Fsp3) is 0.556. The molecule has 2 aliphatic heterocycles. The molecule has 0 aliphatic carbocycles. The van der Waals surface area contributed by atoms with Crippen LogP contribution >= 0.6 is 0 Å². The maximum atomic E-state index is 11.9. The summed E-state index contributed by atoms with van der Waals surface area (Å²) in [5.74, 6) is 0.807. The third kappa shape index (κ3) is 3.35. The molecule has 25 heavy (non-hydrogen) atoms. The zero-order chi connectivity index (χ0) is 17.4. The highest BCUT2D eigenvalue weighted by atomic mass is 32.2. The molecule has 0 saturated carbocycles. The van der Waals surface area contributed by atoms with E-state index in [-0.39, 0.29) is 10.8 Å². The number of piperidine rings is 1. The Labute approximate surface area is 149 Å². The van der Waals surface area contributed by atoms with E-state index in [0.29, 0.717) is 6.54 Å². The van der Waals surface area contributed by atoms with E-state index >= 15 is 0 Å². The highest BCUT2D eigenvalue weighted by Gasteiger charge is 2.29. The van der Waals surface area contributed by atoms with Crippen molar-refractivity contribution in [2.24, 2.45) is 0 Å². The first-order valence-electron chi connectivity index (χ1n) is 8.94. The lowest BCUT2D eigenvalue weighted by molar-refractivity contribution is 0.0697. The van der Waals surface area contributed by atoms with Gasteiger partial charge in [0.15, 0.2) is 0 Å². The number of hydrogen-bond acceptors (Lipinski definition) is 4. The topological polar surface area (TPSA) is 75.4 Å². The molecule has 134 valence electrons. The lowest BCUT2D eigenvalue weighted by Gasteiger charge is -2.28. The lowest BCUT2D eigenvalue weighted by atomic mass is 10.1. The first-order chi connectivity index (χ1) is 12.1. The van der Waals surface area contributed by atoms with Gasteiger partial charge in [-0.1, -0.05) is 6.42 Å². The van der Waals surface area contributed by atoms with Gasteiger partial charge in [-0.3, -0.25) is 9.11 Å². The molecule has 1 N–H and O–H groups in total. The number of carbonyl (C=O) groups is 1. The van der Waals surface area contributed by atoms with Gasteiger partial charge in [0.1, 0.15) is 5.82 Å². The molecule has 0 amide bonds. The molecule has 2 aromatic rings. The van der Waals surface area contributed by atoms with Crippen LogP contribution in [0.1, 0.15) is 41.9 Å². The van der Waals surface area contributed by atoms with Crippen LogP contribution in [0.2, 0.25) is 0 Å². The van der Waals surface area contributed by atoms with E-state index in [1.807, 2.05) is 0 Å². The third-order valence-electron chi connectivity index (χ3n) is 5.29. The number of rotatable bonds is 5. The molecule has 0 bridgehead atoms. The maximum Gasteiger partial charge on any atom is 0.335 e. The lowest BCUT2D eigenvalue weighted by Crippen LogP contribution is -2.36. The summed E-state index contributed by atoms with van der Waals surface area (Å²) < 4.78 is 14.1. The minimum Gasteiger partial charge on any atom is -0.478 e. The maximum absolute atomic E-state index is 11.9. The summed E-state index contributed by atoms with van der Waals surface area (Å²) in [7, 11) is -0.765. The molecule has 1 aromatic carbocycles. The van der Waals surface area contributed by atoms with Crippen molar-refractivity contribution in [2.75, 3.05) is 18.8 Å². The Morgan fingerprint density at radius 2 is 2.08 bits per heavy atom. The average Bonchev–Trinajstić information content (AvgIpc) is 2.95. The Bertz CT molecular complexity index is 826. The van der Waals surface area contributed by atoms with Gasteiger partial charge in [-0.25, -0.2) is 9.78 Å². The number of benzene rings is 1. The second-order valence-electron chi connectivity index (χ2n) is 6.98. The Kier molecular flexibility index (Phi) is 4.60. The van der Waals surface area contributed by atoms with Crippen molar-refractivity contribution in [3.63, 3.8) is 0 Å². The highest BCUT2D eigenvalue weighted by molar-refractivity contribution is 7.87. The van der Waals surface area contributed by atoms with Gasteiger partial charge >= 0.3 is 5.97 Å². The van der Waals surface area contributed by atoms with Gasteiger partial charge in [-0.2, -0.15) is 0 Å². The molecule has 3 heterocycles. The molecule has 4 rings (SSSR count). The van der Waals surface area contributed by atoms with Crippen molar-refractivity contribution in [1.29, 1.82) is 0 Å². The van der Waals surface area contributed by atoms with Crippen LogP contribution in [0.25, 0.3) is 11.0 Å². The van der Waals surface area contributed by atoms with E-state index in [9.17, 15) is 14.1 Å². The number of imidazole rings is 1. The van der Waals surface area contributed by atoms with Gasteiger partial charge in [0.2, 0.25) is 0 Å². The fourth-order valence-corrected chi connectivity index (χ4v) is 4.78. The van der Waals surface area contributed by atoms with Gasteiger partial charge in [0.25, 0.3) is 0 Å². The molecule has 0 radical (unpaired) electrons. The molecule has 2 atom stereocenters. The fourth-order valence-electron chi connectivity index (χ4n) is 3.71. The molecule has 0 spiro atoms. The second-order valence-corrected chi connectivity index (χ2v) is 8.82. The molecular weight excluding hydrogens is 338 g/mol. The van der Waals surface area contributed by atoms with Crippen LogP contribution < -0.4 is 0 Å². The molecule has 1 aromatic heterocycles. The molecule has 7 heteroatoms. The Morgan fingerprint density at radius 3 is 2.72 bits per heavy atom. The summed E-state index contributed by atoms with van der Waals surface area (Å²) >= 11 is 0.